The van der Waals surface area contributed by atoms with Gasteiger partial charge in [-0.2, -0.15) is 0 Å². The molecule has 0 spiro atoms. The zero-order chi connectivity index (χ0) is 12.0. The van der Waals surface area contributed by atoms with Crippen molar-refractivity contribution in [1.29, 1.82) is 0 Å². The van der Waals surface area contributed by atoms with Crippen LogP contribution in [-0.2, 0) is 14.8 Å². The van der Waals surface area contributed by atoms with Crippen molar-refractivity contribution in [3.8, 4) is 0 Å². The van der Waals surface area contributed by atoms with E-state index >= 15 is 0 Å². The van der Waals surface area contributed by atoms with Crippen LogP contribution < -0.4 is 10.0 Å². The molecule has 88 valence electrons. The second kappa shape index (κ2) is 5.62. The van der Waals surface area contributed by atoms with Gasteiger partial charge >= 0.3 is 0 Å². The van der Waals surface area contributed by atoms with E-state index in [1.165, 1.54) is 12.1 Å². The predicted molar refractivity (Wildman–Crippen MR) is 60.3 cm³/mol. The average Bonchev–Trinajstić information content (AvgIpc) is 2.27. The third-order valence-electron chi connectivity index (χ3n) is 1.90. The van der Waals surface area contributed by atoms with E-state index in [9.17, 15) is 13.2 Å². The van der Waals surface area contributed by atoms with Crippen LogP contribution in [-0.4, -0.2) is 27.9 Å². The number of amides is 1. The monoisotopic (exact) mass is 242 g/mol. The van der Waals surface area contributed by atoms with Crippen LogP contribution in [0.15, 0.2) is 35.2 Å². The molecule has 16 heavy (non-hydrogen) atoms. The minimum atomic E-state index is -3.72. The highest BCUT2D eigenvalue weighted by Gasteiger charge is 2.16. The van der Waals surface area contributed by atoms with E-state index in [1.54, 1.807) is 25.2 Å². The number of nitrogens with one attached hydrogen (secondary N) is 2. The van der Waals surface area contributed by atoms with Crippen LogP contribution in [0.1, 0.15) is 6.42 Å². The van der Waals surface area contributed by atoms with E-state index in [0.29, 0.717) is 6.54 Å². The first kappa shape index (κ1) is 12.7. The minimum Gasteiger partial charge on any atom is -0.319 e. The Morgan fingerprint density at radius 1 is 1.25 bits per heavy atom. The van der Waals surface area contributed by atoms with Crippen molar-refractivity contribution in [3.63, 3.8) is 0 Å². The molecule has 2 N–H and O–H groups in total. The van der Waals surface area contributed by atoms with Gasteiger partial charge < -0.3 is 5.32 Å². The van der Waals surface area contributed by atoms with Gasteiger partial charge in [0.05, 0.1) is 4.90 Å². The topological polar surface area (TPSA) is 75.3 Å². The van der Waals surface area contributed by atoms with Gasteiger partial charge in [-0.05, 0) is 19.2 Å². The maximum atomic E-state index is 11.7. The quantitative estimate of drug-likeness (QED) is 0.768. The highest BCUT2D eigenvalue weighted by atomic mass is 32.2. The van der Waals surface area contributed by atoms with Crippen LogP contribution in [0, 0.1) is 0 Å². The molecule has 0 saturated heterocycles. The van der Waals surface area contributed by atoms with Gasteiger partial charge in [0.2, 0.25) is 5.91 Å². The molecule has 0 aromatic heterocycles. The fourth-order valence-electron chi connectivity index (χ4n) is 1.10. The number of hydrogen-bond donors (Lipinski definition) is 2. The Morgan fingerprint density at radius 3 is 2.44 bits per heavy atom. The van der Waals surface area contributed by atoms with Gasteiger partial charge in [-0.3, -0.25) is 4.79 Å². The molecule has 0 bridgehead atoms. The van der Waals surface area contributed by atoms with Crippen LogP contribution >= 0.6 is 0 Å². The maximum Gasteiger partial charge on any atom is 0.264 e. The fourth-order valence-corrected chi connectivity index (χ4v) is 2.13. The lowest BCUT2D eigenvalue weighted by Crippen LogP contribution is -2.32. The molecule has 5 nitrogen and oxygen atoms in total. The highest BCUT2D eigenvalue weighted by Crippen LogP contribution is 2.06. The number of carbonyl (C=O) groups excluding carboxylic acids is 1. The summed E-state index contributed by atoms with van der Waals surface area (Å²) < 4.78 is 25.3. The lowest BCUT2D eigenvalue weighted by Gasteiger charge is -2.06. The lowest BCUT2D eigenvalue weighted by atomic mass is 10.4. The number of benzene rings is 1. The van der Waals surface area contributed by atoms with Gasteiger partial charge in [0.15, 0.2) is 0 Å². The Morgan fingerprint density at radius 2 is 1.88 bits per heavy atom. The summed E-state index contributed by atoms with van der Waals surface area (Å²) >= 11 is 0. The van der Waals surface area contributed by atoms with Gasteiger partial charge in [0.25, 0.3) is 10.0 Å². The molecule has 0 radical (unpaired) electrons. The molecule has 0 aliphatic rings. The molecule has 1 aromatic rings. The molecular weight excluding hydrogens is 228 g/mol. The predicted octanol–water partition coefficient (Wildman–Crippen LogP) is 0.101. The van der Waals surface area contributed by atoms with Gasteiger partial charge in [-0.15, -0.1) is 0 Å². The molecule has 6 heteroatoms. The highest BCUT2D eigenvalue weighted by molar-refractivity contribution is 7.90. The summed E-state index contributed by atoms with van der Waals surface area (Å²) in [6.07, 6.45) is 0.128. The van der Waals surface area contributed by atoms with E-state index < -0.39 is 15.9 Å². The first-order valence-corrected chi connectivity index (χ1v) is 6.30. The van der Waals surface area contributed by atoms with E-state index in [0.717, 1.165) is 0 Å². The summed E-state index contributed by atoms with van der Waals surface area (Å²) in [6.45, 7) is 0.441. The Bertz CT molecular complexity index is 442. The van der Waals surface area contributed by atoms with E-state index in [1.807, 2.05) is 4.72 Å². The van der Waals surface area contributed by atoms with Gasteiger partial charge in [0, 0.05) is 13.0 Å². The number of hydrogen-bond acceptors (Lipinski definition) is 4. The SMILES string of the molecule is CNCCC(=O)NS(=O)(=O)c1ccccc1. The lowest BCUT2D eigenvalue weighted by molar-refractivity contribution is -0.119. The molecule has 1 rings (SSSR count). The Hall–Kier alpha value is -1.40. The van der Waals surface area contributed by atoms with E-state index in [-0.39, 0.29) is 11.3 Å². The molecule has 0 unspecified atom stereocenters. The minimum absolute atomic E-state index is 0.0906. The summed E-state index contributed by atoms with van der Waals surface area (Å²) in [7, 11) is -2.02. The molecule has 0 heterocycles. The second-order valence-electron chi connectivity index (χ2n) is 3.20. The first-order valence-electron chi connectivity index (χ1n) is 4.81. The van der Waals surface area contributed by atoms with Crippen molar-refractivity contribution < 1.29 is 13.2 Å². The maximum absolute atomic E-state index is 11.7. The molecule has 0 aliphatic heterocycles. The van der Waals surface area contributed by atoms with E-state index in [4.69, 9.17) is 0 Å². The third kappa shape index (κ3) is 3.63. The van der Waals surface area contributed by atoms with Crippen molar-refractivity contribution in [2.45, 2.75) is 11.3 Å². The summed E-state index contributed by atoms with van der Waals surface area (Å²) in [5.41, 5.74) is 0. The standard InChI is InChI=1S/C10H14N2O3S/c1-11-8-7-10(13)12-16(14,15)9-5-3-2-4-6-9/h2-6,11H,7-8H2,1H3,(H,12,13). The van der Waals surface area contributed by atoms with Crippen LogP contribution in [0.3, 0.4) is 0 Å². The number of carbonyl (C=O) groups is 1. The Balaban J connectivity index is 2.70. The Kier molecular flexibility index (Phi) is 4.45. The normalized spacial score (nSPS) is 11.1. The smallest absolute Gasteiger partial charge is 0.264 e. The summed E-state index contributed by atoms with van der Waals surface area (Å²) in [5.74, 6) is -0.516. The van der Waals surface area contributed by atoms with Crippen LogP contribution in [0.25, 0.3) is 0 Å². The molecular formula is C10H14N2O3S. The molecule has 0 aliphatic carbocycles. The molecule has 1 aromatic carbocycles. The zero-order valence-electron chi connectivity index (χ0n) is 8.93. The zero-order valence-corrected chi connectivity index (χ0v) is 9.75. The van der Waals surface area contributed by atoms with Gasteiger partial charge in [0.1, 0.15) is 0 Å². The van der Waals surface area contributed by atoms with E-state index in [2.05, 4.69) is 5.32 Å². The van der Waals surface area contributed by atoms with Crippen molar-refractivity contribution in [3.05, 3.63) is 30.3 Å². The Labute approximate surface area is 94.9 Å². The number of sulfonamides is 1. The van der Waals surface area contributed by atoms with Crippen LogP contribution in [0.4, 0.5) is 0 Å². The second-order valence-corrected chi connectivity index (χ2v) is 4.88. The first-order chi connectivity index (χ1) is 7.56. The van der Waals surface area contributed by atoms with Gasteiger partial charge in [-0.25, -0.2) is 13.1 Å². The molecule has 0 fully saturated rings. The molecule has 1 amide bonds. The summed E-state index contributed by atoms with van der Waals surface area (Å²) in [6, 6.07) is 7.79. The summed E-state index contributed by atoms with van der Waals surface area (Å²) in [4.78, 5) is 11.4. The van der Waals surface area contributed by atoms with Crippen molar-refractivity contribution in [2.24, 2.45) is 0 Å². The fraction of sp³-hybridized carbons (Fsp3) is 0.300. The van der Waals surface area contributed by atoms with Crippen molar-refractivity contribution in [2.75, 3.05) is 13.6 Å². The van der Waals surface area contributed by atoms with Crippen LogP contribution in [0.5, 0.6) is 0 Å². The van der Waals surface area contributed by atoms with Gasteiger partial charge in [-0.1, -0.05) is 18.2 Å². The molecule has 0 saturated carbocycles. The largest absolute Gasteiger partial charge is 0.319 e. The summed E-state index contributed by atoms with van der Waals surface area (Å²) in [5, 5.41) is 2.77. The van der Waals surface area contributed by atoms with Crippen LogP contribution in [0.2, 0.25) is 0 Å². The third-order valence-corrected chi connectivity index (χ3v) is 3.29. The molecule has 0 atom stereocenters. The van der Waals surface area contributed by atoms with Crippen molar-refractivity contribution >= 4 is 15.9 Å². The number of rotatable bonds is 5. The average molecular weight is 242 g/mol. The van der Waals surface area contributed by atoms with Crippen molar-refractivity contribution in [1.82, 2.24) is 10.0 Å².